The van der Waals surface area contributed by atoms with Crippen molar-refractivity contribution in [1.29, 1.82) is 0 Å². The van der Waals surface area contributed by atoms with Crippen LogP contribution in [0, 0.1) is 4.64 Å². The van der Waals surface area contributed by atoms with Gasteiger partial charge in [0.25, 0.3) is 0 Å². The van der Waals surface area contributed by atoms with E-state index in [4.69, 9.17) is 21.9 Å². The normalized spacial score (nSPS) is 17.8. The fourth-order valence-electron chi connectivity index (χ4n) is 4.22. The van der Waals surface area contributed by atoms with Crippen molar-refractivity contribution in [3.8, 4) is 11.4 Å². The summed E-state index contributed by atoms with van der Waals surface area (Å²) >= 11 is 5.66. The van der Waals surface area contributed by atoms with E-state index in [0.717, 1.165) is 56.2 Å². The molecule has 1 aromatic heterocycles. The molecule has 0 radical (unpaired) electrons. The Morgan fingerprint density at radius 1 is 1.08 bits per heavy atom. The SMILES string of the molecule is S=c1nc(-c2ccccc2)n(CCC[NH+]2CCOCC2)c2c1CCCC2. The highest BCUT2D eigenvalue weighted by Crippen LogP contribution is 2.27. The standard InChI is InChI=1S/C21H27N3OS/c26-21-18-9-4-5-10-19(18)24(12-6-11-23-13-15-25-16-14-23)20(22-21)17-7-2-1-3-8-17/h1-3,7-8H,4-6,9-16H2/p+1. The van der Waals surface area contributed by atoms with E-state index in [1.807, 2.05) is 0 Å². The molecule has 2 heterocycles. The van der Waals surface area contributed by atoms with E-state index >= 15 is 0 Å². The number of morpholine rings is 1. The summed E-state index contributed by atoms with van der Waals surface area (Å²) in [6.45, 7) is 6.31. The molecule has 1 saturated heterocycles. The summed E-state index contributed by atoms with van der Waals surface area (Å²) in [5, 5.41) is 0. The summed E-state index contributed by atoms with van der Waals surface area (Å²) in [6.07, 6.45) is 5.89. The second kappa shape index (κ2) is 8.42. The summed E-state index contributed by atoms with van der Waals surface area (Å²) < 4.78 is 8.77. The number of hydrogen-bond donors (Lipinski definition) is 1. The van der Waals surface area contributed by atoms with E-state index in [0.29, 0.717) is 0 Å². The van der Waals surface area contributed by atoms with Gasteiger partial charge in [0.15, 0.2) is 0 Å². The second-order valence-electron chi connectivity index (χ2n) is 7.36. The number of hydrogen-bond acceptors (Lipinski definition) is 3. The van der Waals surface area contributed by atoms with Crippen LogP contribution in [-0.4, -0.2) is 42.4 Å². The molecule has 1 aromatic carbocycles. The first-order valence-corrected chi connectivity index (χ1v) is 10.3. The zero-order valence-corrected chi connectivity index (χ0v) is 16.2. The van der Waals surface area contributed by atoms with Crippen molar-refractivity contribution in [2.45, 2.75) is 38.6 Å². The zero-order chi connectivity index (χ0) is 17.8. The van der Waals surface area contributed by atoms with Crippen LogP contribution in [0.1, 0.15) is 30.5 Å². The first-order valence-electron chi connectivity index (χ1n) is 9.92. The van der Waals surface area contributed by atoms with Gasteiger partial charge < -0.3 is 14.2 Å². The lowest BCUT2D eigenvalue weighted by Gasteiger charge is -2.26. The molecule has 4 rings (SSSR count). The Labute approximate surface area is 160 Å². The monoisotopic (exact) mass is 370 g/mol. The van der Waals surface area contributed by atoms with Crippen LogP contribution in [-0.2, 0) is 24.1 Å². The van der Waals surface area contributed by atoms with Crippen LogP contribution in [0.15, 0.2) is 30.3 Å². The van der Waals surface area contributed by atoms with Crippen molar-refractivity contribution >= 4 is 12.2 Å². The number of nitrogens with one attached hydrogen (secondary N) is 1. The van der Waals surface area contributed by atoms with Gasteiger partial charge in [-0.05, 0) is 25.7 Å². The maximum Gasteiger partial charge on any atom is 0.141 e. The smallest absolute Gasteiger partial charge is 0.141 e. The largest absolute Gasteiger partial charge is 0.370 e. The van der Waals surface area contributed by atoms with Crippen molar-refractivity contribution in [1.82, 2.24) is 9.55 Å². The maximum atomic E-state index is 5.66. The number of ether oxygens (including phenoxy) is 1. The minimum atomic E-state index is 0.814. The van der Waals surface area contributed by atoms with Crippen LogP contribution in [0.2, 0.25) is 0 Å². The quantitative estimate of drug-likeness (QED) is 0.821. The Hall–Kier alpha value is -1.56. The van der Waals surface area contributed by atoms with Gasteiger partial charge in [0.2, 0.25) is 0 Å². The molecule has 0 bridgehead atoms. The van der Waals surface area contributed by atoms with E-state index < -0.39 is 0 Å². The Morgan fingerprint density at radius 3 is 2.65 bits per heavy atom. The van der Waals surface area contributed by atoms with Crippen molar-refractivity contribution in [3.05, 3.63) is 46.2 Å². The third-order valence-electron chi connectivity index (χ3n) is 5.63. The fourth-order valence-corrected chi connectivity index (χ4v) is 4.52. The summed E-state index contributed by atoms with van der Waals surface area (Å²) in [6, 6.07) is 10.5. The van der Waals surface area contributed by atoms with Crippen molar-refractivity contribution in [2.75, 3.05) is 32.8 Å². The lowest BCUT2D eigenvalue weighted by atomic mass is 9.96. The van der Waals surface area contributed by atoms with E-state index in [9.17, 15) is 0 Å². The maximum absolute atomic E-state index is 5.66. The molecule has 138 valence electrons. The van der Waals surface area contributed by atoms with Crippen molar-refractivity contribution in [2.24, 2.45) is 0 Å². The minimum absolute atomic E-state index is 0.814. The predicted molar refractivity (Wildman–Crippen MR) is 106 cm³/mol. The number of fused-ring (bicyclic) bond motifs is 1. The van der Waals surface area contributed by atoms with E-state index in [2.05, 4.69) is 34.9 Å². The Kier molecular flexibility index (Phi) is 5.78. The minimum Gasteiger partial charge on any atom is -0.370 e. The van der Waals surface area contributed by atoms with Gasteiger partial charge in [-0.2, -0.15) is 0 Å². The summed E-state index contributed by atoms with van der Waals surface area (Å²) in [5.41, 5.74) is 3.93. The molecule has 1 aliphatic carbocycles. The van der Waals surface area contributed by atoms with Crippen LogP contribution in [0.5, 0.6) is 0 Å². The highest BCUT2D eigenvalue weighted by Gasteiger charge is 2.20. The lowest BCUT2D eigenvalue weighted by molar-refractivity contribution is -0.908. The highest BCUT2D eigenvalue weighted by atomic mass is 32.1. The molecule has 0 atom stereocenters. The summed E-state index contributed by atoms with van der Waals surface area (Å²) in [5.74, 6) is 1.05. The molecular weight excluding hydrogens is 342 g/mol. The van der Waals surface area contributed by atoms with Gasteiger partial charge in [0, 0.05) is 29.8 Å². The van der Waals surface area contributed by atoms with E-state index in [1.54, 1.807) is 4.90 Å². The van der Waals surface area contributed by atoms with Crippen LogP contribution >= 0.6 is 12.2 Å². The van der Waals surface area contributed by atoms with E-state index in [-0.39, 0.29) is 0 Å². The molecule has 5 heteroatoms. The molecule has 0 spiro atoms. The highest BCUT2D eigenvalue weighted by molar-refractivity contribution is 7.71. The molecule has 0 saturated carbocycles. The third kappa shape index (κ3) is 3.90. The zero-order valence-electron chi connectivity index (χ0n) is 15.4. The van der Waals surface area contributed by atoms with Gasteiger partial charge in [-0.25, -0.2) is 4.98 Å². The first kappa shape index (κ1) is 17.8. The first-order chi connectivity index (χ1) is 12.8. The predicted octanol–water partition coefficient (Wildman–Crippen LogP) is 2.46. The lowest BCUT2D eigenvalue weighted by Crippen LogP contribution is -3.14. The molecule has 1 fully saturated rings. The second-order valence-corrected chi connectivity index (χ2v) is 7.74. The molecule has 4 nitrogen and oxygen atoms in total. The van der Waals surface area contributed by atoms with Crippen molar-refractivity contribution in [3.63, 3.8) is 0 Å². The van der Waals surface area contributed by atoms with E-state index in [1.165, 1.54) is 42.6 Å². The number of rotatable bonds is 5. The number of aromatic nitrogens is 2. The topological polar surface area (TPSA) is 31.5 Å². The average Bonchev–Trinajstić information content (AvgIpc) is 2.71. The average molecular weight is 371 g/mol. The van der Waals surface area contributed by atoms with Crippen LogP contribution in [0.4, 0.5) is 0 Å². The molecule has 1 N–H and O–H groups in total. The van der Waals surface area contributed by atoms with Crippen LogP contribution in [0.25, 0.3) is 11.4 Å². The van der Waals surface area contributed by atoms with Crippen LogP contribution in [0.3, 0.4) is 0 Å². The molecule has 2 aromatic rings. The molecule has 1 aliphatic heterocycles. The summed E-state index contributed by atoms with van der Waals surface area (Å²) in [7, 11) is 0. The molecule has 2 aliphatic rings. The Bertz CT molecular complexity index is 797. The molecular formula is C21H28N3OS+. The van der Waals surface area contributed by atoms with Gasteiger partial charge in [0.1, 0.15) is 23.6 Å². The van der Waals surface area contributed by atoms with Gasteiger partial charge >= 0.3 is 0 Å². The van der Waals surface area contributed by atoms with Gasteiger partial charge in [0.05, 0.1) is 19.8 Å². The number of quaternary nitrogens is 1. The molecule has 0 unspecified atom stereocenters. The van der Waals surface area contributed by atoms with Crippen LogP contribution < -0.4 is 4.90 Å². The number of benzene rings is 1. The summed E-state index contributed by atoms with van der Waals surface area (Å²) in [4.78, 5) is 6.54. The van der Waals surface area contributed by atoms with Gasteiger partial charge in [-0.15, -0.1) is 0 Å². The van der Waals surface area contributed by atoms with Gasteiger partial charge in [-0.1, -0.05) is 42.5 Å². The molecule has 0 amide bonds. The Balaban J connectivity index is 1.63. The third-order valence-corrected chi connectivity index (χ3v) is 5.97. The molecule has 26 heavy (non-hydrogen) atoms. The van der Waals surface area contributed by atoms with Gasteiger partial charge in [-0.3, -0.25) is 0 Å². The fraction of sp³-hybridized carbons (Fsp3) is 0.524. The van der Waals surface area contributed by atoms with Crippen molar-refractivity contribution < 1.29 is 9.64 Å². The Morgan fingerprint density at radius 2 is 1.85 bits per heavy atom. The number of nitrogens with zero attached hydrogens (tertiary/aromatic N) is 2.